The fourth-order valence-corrected chi connectivity index (χ4v) is 4.73. The first-order chi connectivity index (χ1) is 12.6. The molecule has 2 aliphatic rings. The highest BCUT2D eigenvalue weighted by molar-refractivity contribution is 7.11. The molecule has 26 heavy (non-hydrogen) atoms. The van der Waals surface area contributed by atoms with Crippen LogP contribution in [-0.4, -0.2) is 33.9 Å². The summed E-state index contributed by atoms with van der Waals surface area (Å²) >= 11 is 1.41. The van der Waals surface area contributed by atoms with Crippen molar-refractivity contribution in [3.63, 3.8) is 0 Å². The van der Waals surface area contributed by atoms with Gasteiger partial charge in [-0.1, -0.05) is 19.3 Å². The molecule has 2 heterocycles. The summed E-state index contributed by atoms with van der Waals surface area (Å²) in [6.07, 6.45) is 6.28. The van der Waals surface area contributed by atoms with Gasteiger partial charge >= 0.3 is 0 Å². The van der Waals surface area contributed by atoms with Gasteiger partial charge in [0.2, 0.25) is 0 Å². The molecule has 4 rings (SSSR count). The second-order valence-electron chi connectivity index (χ2n) is 7.10. The van der Waals surface area contributed by atoms with Gasteiger partial charge in [-0.3, -0.25) is 5.41 Å². The van der Waals surface area contributed by atoms with Crippen molar-refractivity contribution in [2.45, 2.75) is 32.1 Å². The van der Waals surface area contributed by atoms with E-state index in [1.807, 2.05) is 10.3 Å². The normalized spacial score (nSPS) is 18.8. The van der Waals surface area contributed by atoms with Crippen molar-refractivity contribution in [3.8, 4) is 11.3 Å². The lowest BCUT2D eigenvalue weighted by atomic mass is 9.89. The monoisotopic (exact) mass is 371 g/mol. The number of aliphatic hydroxyl groups excluding tert-OH is 1. The molecule has 0 atom stereocenters. The first kappa shape index (κ1) is 17.2. The summed E-state index contributed by atoms with van der Waals surface area (Å²) in [5.41, 5.74) is 2.11. The minimum absolute atomic E-state index is 0.228. The van der Waals surface area contributed by atoms with E-state index in [0.29, 0.717) is 28.9 Å². The fraction of sp³-hybridized carbons (Fsp3) is 0.400. The van der Waals surface area contributed by atoms with Gasteiger partial charge in [-0.15, -0.1) is 11.3 Å². The number of halogens is 1. The number of aromatic nitrogens is 1. The number of thiazole rings is 1. The van der Waals surface area contributed by atoms with E-state index in [2.05, 4.69) is 4.98 Å². The number of aliphatic hydroxyl groups is 1. The first-order valence-corrected chi connectivity index (χ1v) is 9.97. The third kappa shape index (κ3) is 3.38. The Morgan fingerprint density at radius 2 is 1.92 bits per heavy atom. The average Bonchev–Trinajstić information content (AvgIpc) is 3.22. The van der Waals surface area contributed by atoms with Crippen LogP contribution in [0.15, 0.2) is 35.4 Å². The van der Waals surface area contributed by atoms with Crippen molar-refractivity contribution in [2.24, 2.45) is 5.92 Å². The average molecular weight is 371 g/mol. The van der Waals surface area contributed by atoms with Crippen molar-refractivity contribution >= 4 is 22.7 Å². The Morgan fingerprint density at radius 1 is 1.19 bits per heavy atom. The lowest BCUT2D eigenvalue weighted by Crippen LogP contribution is -2.32. The minimum Gasteiger partial charge on any atom is -0.510 e. The van der Waals surface area contributed by atoms with E-state index >= 15 is 0 Å². The molecule has 0 spiro atoms. The van der Waals surface area contributed by atoms with Crippen LogP contribution < -0.4 is 0 Å². The molecule has 4 nitrogen and oxygen atoms in total. The molecule has 136 valence electrons. The number of rotatable bonds is 4. The number of nitrogens with zero attached hydrogens (tertiary/aromatic N) is 2. The molecule has 0 bridgehead atoms. The van der Waals surface area contributed by atoms with Gasteiger partial charge in [0.1, 0.15) is 22.4 Å². The summed E-state index contributed by atoms with van der Waals surface area (Å²) in [7, 11) is 0. The van der Waals surface area contributed by atoms with E-state index in [1.54, 1.807) is 12.1 Å². The van der Waals surface area contributed by atoms with Crippen molar-refractivity contribution in [1.82, 2.24) is 9.88 Å². The Morgan fingerprint density at radius 3 is 2.65 bits per heavy atom. The number of amidine groups is 1. The maximum absolute atomic E-state index is 13.1. The Balaban J connectivity index is 1.51. The lowest BCUT2D eigenvalue weighted by molar-refractivity contribution is 0.268. The molecule has 1 saturated carbocycles. The molecule has 1 aliphatic carbocycles. The van der Waals surface area contributed by atoms with Crippen LogP contribution in [0.4, 0.5) is 4.39 Å². The molecule has 2 aromatic rings. The van der Waals surface area contributed by atoms with E-state index in [0.717, 1.165) is 17.8 Å². The first-order valence-electron chi connectivity index (χ1n) is 9.09. The van der Waals surface area contributed by atoms with Crippen LogP contribution in [-0.2, 0) is 0 Å². The molecule has 0 saturated heterocycles. The van der Waals surface area contributed by atoms with E-state index in [9.17, 15) is 9.50 Å². The largest absolute Gasteiger partial charge is 0.510 e. The molecule has 2 N–H and O–H groups in total. The number of hydrogen-bond acceptors (Lipinski definition) is 4. The Hall–Kier alpha value is -2.21. The highest BCUT2D eigenvalue weighted by Crippen LogP contribution is 2.34. The quantitative estimate of drug-likeness (QED) is 0.787. The van der Waals surface area contributed by atoms with Crippen LogP contribution in [0.1, 0.15) is 37.1 Å². The Kier molecular flexibility index (Phi) is 4.76. The molecule has 1 aromatic heterocycles. The molecule has 0 unspecified atom stereocenters. The zero-order chi connectivity index (χ0) is 18.1. The molecule has 0 radical (unpaired) electrons. The summed E-state index contributed by atoms with van der Waals surface area (Å²) in [5.74, 6) is 0.932. The second kappa shape index (κ2) is 7.19. The van der Waals surface area contributed by atoms with Crippen LogP contribution in [0.5, 0.6) is 0 Å². The smallest absolute Gasteiger partial charge is 0.135 e. The van der Waals surface area contributed by atoms with Gasteiger partial charge in [-0.2, -0.15) is 0 Å². The van der Waals surface area contributed by atoms with Gasteiger partial charge in [0.05, 0.1) is 17.8 Å². The minimum atomic E-state index is -0.277. The van der Waals surface area contributed by atoms with E-state index in [-0.39, 0.29) is 11.6 Å². The predicted octanol–water partition coefficient (Wildman–Crippen LogP) is 5.09. The van der Waals surface area contributed by atoms with E-state index < -0.39 is 0 Å². The fourth-order valence-electron chi connectivity index (χ4n) is 3.84. The topological polar surface area (TPSA) is 60.2 Å². The Labute approximate surface area is 156 Å². The highest BCUT2D eigenvalue weighted by Gasteiger charge is 2.31. The van der Waals surface area contributed by atoms with Crippen LogP contribution >= 0.6 is 11.3 Å². The van der Waals surface area contributed by atoms with Gasteiger partial charge in [0.25, 0.3) is 0 Å². The third-order valence-electron chi connectivity index (χ3n) is 5.24. The van der Waals surface area contributed by atoms with Gasteiger partial charge in [0.15, 0.2) is 0 Å². The summed E-state index contributed by atoms with van der Waals surface area (Å²) in [6, 6.07) is 6.21. The summed E-state index contributed by atoms with van der Waals surface area (Å²) < 4.78 is 13.1. The maximum Gasteiger partial charge on any atom is 0.135 e. The number of hydrogen-bond donors (Lipinski definition) is 2. The van der Waals surface area contributed by atoms with Crippen LogP contribution in [0, 0.1) is 17.1 Å². The van der Waals surface area contributed by atoms with Crippen LogP contribution in [0.25, 0.3) is 16.8 Å². The Bertz CT molecular complexity index is 837. The van der Waals surface area contributed by atoms with Gasteiger partial charge in [0, 0.05) is 17.5 Å². The van der Waals surface area contributed by atoms with Crippen molar-refractivity contribution in [2.75, 3.05) is 13.1 Å². The van der Waals surface area contributed by atoms with Crippen LogP contribution in [0.2, 0.25) is 0 Å². The molecule has 0 amide bonds. The molecule has 1 aromatic carbocycles. The van der Waals surface area contributed by atoms with Gasteiger partial charge < -0.3 is 10.0 Å². The zero-order valence-corrected chi connectivity index (χ0v) is 15.4. The van der Waals surface area contributed by atoms with Crippen molar-refractivity contribution < 1.29 is 9.50 Å². The number of nitrogens with one attached hydrogen (secondary N) is 1. The molecular formula is C20H22FN3OS. The standard InChI is InChI=1S/C20H22FN3OS/c21-15-8-6-14(7-9-15)16-12-26-20(23-16)18-17(25)11-24(19(18)22)10-13-4-2-1-3-5-13/h6-9,12-13,22,25H,1-5,10-11H2. The summed E-state index contributed by atoms with van der Waals surface area (Å²) in [6.45, 7) is 1.23. The second-order valence-corrected chi connectivity index (χ2v) is 7.96. The van der Waals surface area contributed by atoms with Gasteiger partial charge in [-0.25, -0.2) is 9.37 Å². The predicted molar refractivity (Wildman–Crippen MR) is 103 cm³/mol. The molecular weight excluding hydrogens is 349 g/mol. The van der Waals surface area contributed by atoms with Crippen molar-refractivity contribution in [3.05, 3.63) is 46.2 Å². The zero-order valence-electron chi connectivity index (χ0n) is 14.5. The van der Waals surface area contributed by atoms with Crippen LogP contribution in [0.3, 0.4) is 0 Å². The summed E-state index contributed by atoms with van der Waals surface area (Å²) in [4.78, 5) is 6.56. The third-order valence-corrected chi connectivity index (χ3v) is 6.10. The van der Waals surface area contributed by atoms with Gasteiger partial charge in [-0.05, 0) is 43.0 Å². The van der Waals surface area contributed by atoms with Crippen molar-refractivity contribution in [1.29, 1.82) is 5.41 Å². The van der Waals surface area contributed by atoms with E-state index in [4.69, 9.17) is 5.41 Å². The molecule has 1 aliphatic heterocycles. The highest BCUT2D eigenvalue weighted by atomic mass is 32.1. The number of benzene rings is 1. The SMILES string of the molecule is N=C1C(c2nc(-c3ccc(F)cc3)cs2)=C(O)CN1CC1CCCCC1. The molecule has 1 fully saturated rings. The molecule has 6 heteroatoms. The lowest BCUT2D eigenvalue weighted by Gasteiger charge is -2.28. The van der Waals surface area contributed by atoms with E-state index in [1.165, 1.54) is 55.6 Å². The summed E-state index contributed by atoms with van der Waals surface area (Å²) in [5, 5.41) is 21.5. The maximum atomic E-state index is 13.1.